The lowest BCUT2D eigenvalue weighted by Crippen LogP contribution is -2.64. The molecule has 13 nitrogen and oxygen atoms in total. The summed E-state index contributed by atoms with van der Waals surface area (Å²) in [6, 6.07) is 0. The van der Waals surface area contributed by atoms with E-state index in [0.29, 0.717) is 12.8 Å². The van der Waals surface area contributed by atoms with Gasteiger partial charge >= 0.3 is 11.9 Å². The monoisotopic (exact) mass is 867 g/mol. The minimum Gasteiger partial charge on any atom is -0.463 e. The van der Waals surface area contributed by atoms with Gasteiger partial charge in [-0.05, 0) is 77.0 Å². The molecule has 2 aliphatic heterocycles. The fourth-order valence-electron chi connectivity index (χ4n) is 7.12. The van der Waals surface area contributed by atoms with Gasteiger partial charge in [0, 0.05) is 12.8 Å². The van der Waals surface area contributed by atoms with Gasteiger partial charge in [-0.15, -0.1) is 0 Å². The molecule has 0 spiro atoms. The molecule has 13 heteroatoms. The van der Waals surface area contributed by atoms with Gasteiger partial charge in [-0.3, -0.25) is 9.59 Å². The van der Waals surface area contributed by atoms with Crippen LogP contribution in [0.15, 0.2) is 48.6 Å². The van der Waals surface area contributed by atoms with Crippen molar-refractivity contribution in [1.29, 1.82) is 0 Å². The highest BCUT2D eigenvalue weighted by molar-refractivity contribution is 5.69. The summed E-state index contributed by atoms with van der Waals surface area (Å²) >= 11 is 0. The van der Waals surface area contributed by atoms with E-state index in [-0.39, 0.29) is 12.8 Å². The molecule has 2 heterocycles. The Balaban J connectivity index is 1.65. The molecule has 10 atom stereocenters. The number of carbonyl (C=O) groups excluding carboxylic acids is 2. The number of hydrogen-bond donors (Lipinski definition) is 6. The van der Waals surface area contributed by atoms with Gasteiger partial charge in [-0.2, -0.15) is 0 Å². The molecule has 6 N–H and O–H groups in total. The Morgan fingerprint density at radius 1 is 0.426 bits per heavy atom. The van der Waals surface area contributed by atoms with Gasteiger partial charge in [0.05, 0.1) is 0 Å². The lowest BCUT2D eigenvalue weighted by Gasteiger charge is -2.44. The van der Waals surface area contributed by atoms with E-state index in [1.807, 2.05) is 0 Å². The van der Waals surface area contributed by atoms with Crippen LogP contribution in [0, 0.1) is 0 Å². The Morgan fingerprint density at radius 3 is 1.11 bits per heavy atom. The summed E-state index contributed by atoms with van der Waals surface area (Å²) in [6.45, 7) is 3.54. The highest BCUT2D eigenvalue weighted by Crippen LogP contribution is 2.29. The van der Waals surface area contributed by atoms with Crippen molar-refractivity contribution in [2.45, 2.75) is 229 Å². The molecule has 0 aromatic heterocycles. The highest BCUT2D eigenvalue weighted by atomic mass is 16.8. The maximum Gasteiger partial charge on any atom is 0.305 e. The Morgan fingerprint density at radius 2 is 0.754 bits per heavy atom. The van der Waals surface area contributed by atoms with Crippen LogP contribution in [0.25, 0.3) is 0 Å². The zero-order chi connectivity index (χ0) is 44.5. The van der Waals surface area contributed by atoms with E-state index in [2.05, 4.69) is 62.5 Å². The number of esters is 2. The van der Waals surface area contributed by atoms with Crippen LogP contribution in [0.2, 0.25) is 0 Å². The molecule has 2 aliphatic rings. The second-order valence-electron chi connectivity index (χ2n) is 16.5. The first kappa shape index (κ1) is 54.7. The molecule has 0 saturated carbocycles. The van der Waals surface area contributed by atoms with Crippen LogP contribution in [-0.2, 0) is 33.3 Å². The van der Waals surface area contributed by atoms with Crippen molar-refractivity contribution in [2.75, 3.05) is 13.2 Å². The lowest BCUT2D eigenvalue weighted by molar-refractivity contribution is -0.376. The smallest absolute Gasteiger partial charge is 0.305 e. The topological polar surface area (TPSA) is 202 Å². The van der Waals surface area contributed by atoms with Crippen molar-refractivity contribution in [3.05, 3.63) is 48.6 Å². The summed E-state index contributed by atoms with van der Waals surface area (Å²) in [5, 5.41) is 63.4. The first-order valence-corrected chi connectivity index (χ1v) is 23.6. The Kier molecular flexibility index (Phi) is 31.3. The van der Waals surface area contributed by atoms with E-state index < -0.39 is 86.6 Å². The predicted molar refractivity (Wildman–Crippen MR) is 235 cm³/mol. The molecular formula is C48H82O13. The van der Waals surface area contributed by atoms with Crippen LogP contribution < -0.4 is 0 Å². The number of hydrogen-bond acceptors (Lipinski definition) is 13. The number of unbranched alkanes of at least 4 members (excludes halogenated alkanes) is 16. The van der Waals surface area contributed by atoms with Crippen molar-refractivity contribution in [1.82, 2.24) is 0 Å². The molecule has 61 heavy (non-hydrogen) atoms. The van der Waals surface area contributed by atoms with E-state index in [1.165, 1.54) is 38.5 Å². The van der Waals surface area contributed by atoms with Gasteiger partial charge in [0.15, 0.2) is 12.6 Å². The van der Waals surface area contributed by atoms with Crippen LogP contribution in [0.5, 0.6) is 0 Å². The SMILES string of the molecule is CCCCC/C=C\C/C=C\CCCCCCCC(=O)OC[C@H]1O[C@H](O[C@H]2O[C@H](COC(=O)CCCCCCC/C=C\C/C=C\CCCCC)[C@@H](O)[C@H](O)[C@H]2O)[C@H](O)[C@@H](O)[C@@H]1O. The molecule has 2 rings (SSSR count). The summed E-state index contributed by atoms with van der Waals surface area (Å²) < 4.78 is 27.5. The van der Waals surface area contributed by atoms with Gasteiger partial charge in [0.1, 0.15) is 62.0 Å². The molecule has 2 saturated heterocycles. The first-order chi connectivity index (χ1) is 29.6. The molecule has 0 bridgehead atoms. The second-order valence-corrected chi connectivity index (χ2v) is 16.5. The number of aliphatic hydroxyl groups excluding tert-OH is 6. The third kappa shape index (κ3) is 24.3. The third-order valence-electron chi connectivity index (χ3n) is 11.1. The zero-order valence-corrected chi connectivity index (χ0v) is 37.3. The minimum atomic E-state index is -1.81. The van der Waals surface area contributed by atoms with E-state index in [1.54, 1.807) is 0 Å². The maximum atomic E-state index is 12.4. The number of ether oxygens (including phenoxy) is 5. The van der Waals surface area contributed by atoms with Crippen molar-refractivity contribution < 1.29 is 63.9 Å². The van der Waals surface area contributed by atoms with Gasteiger partial charge in [-0.25, -0.2) is 0 Å². The van der Waals surface area contributed by atoms with Gasteiger partial charge in [0.25, 0.3) is 0 Å². The molecule has 0 aromatic rings. The van der Waals surface area contributed by atoms with Crippen LogP contribution in [0.3, 0.4) is 0 Å². The maximum absolute atomic E-state index is 12.4. The zero-order valence-electron chi connectivity index (χ0n) is 37.3. The summed E-state index contributed by atoms with van der Waals surface area (Å²) in [7, 11) is 0. The normalized spacial score (nSPS) is 27.2. The van der Waals surface area contributed by atoms with E-state index in [0.717, 1.165) is 89.9 Å². The van der Waals surface area contributed by atoms with Crippen molar-refractivity contribution >= 4 is 11.9 Å². The molecule has 0 aromatic carbocycles. The number of rotatable bonds is 34. The number of allylic oxidation sites excluding steroid dienone is 8. The molecule has 0 unspecified atom stereocenters. The van der Waals surface area contributed by atoms with Crippen molar-refractivity contribution in [3.63, 3.8) is 0 Å². The third-order valence-corrected chi connectivity index (χ3v) is 11.1. The van der Waals surface area contributed by atoms with Gasteiger partial charge < -0.3 is 54.3 Å². The fourth-order valence-corrected chi connectivity index (χ4v) is 7.12. The Labute approximate surface area is 366 Å². The first-order valence-electron chi connectivity index (χ1n) is 23.6. The van der Waals surface area contributed by atoms with Crippen LogP contribution in [-0.4, -0.2) is 117 Å². The second kappa shape index (κ2) is 35.0. The molecule has 0 amide bonds. The fraction of sp³-hybridized carbons (Fsp3) is 0.792. The van der Waals surface area contributed by atoms with Crippen LogP contribution >= 0.6 is 0 Å². The Hall–Kier alpha value is -2.46. The van der Waals surface area contributed by atoms with E-state index >= 15 is 0 Å². The van der Waals surface area contributed by atoms with Gasteiger partial charge in [0.2, 0.25) is 0 Å². The molecule has 0 radical (unpaired) electrons. The summed E-state index contributed by atoms with van der Waals surface area (Å²) in [5.74, 6) is -1.01. The Bertz CT molecular complexity index is 1150. The summed E-state index contributed by atoms with van der Waals surface area (Å²) in [6.07, 6.45) is 24.9. The lowest BCUT2D eigenvalue weighted by atomic mass is 9.98. The molecule has 0 aliphatic carbocycles. The number of aliphatic hydroxyl groups is 6. The predicted octanol–water partition coefficient (Wildman–Crippen LogP) is 7.33. The number of carbonyl (C=O) groups is 2. The van der Waals surface area contributed by atoms with E-state index in [9.17, 15) is 40.2 Å². The van der Waals surface area contributed by atoms with E-state index in [4.69, 9.17) is 23.7 Å². The van der Waals surface area contributed by atoms with Gasteiger partial charge in [-0.1, -0.05) is 127 Å². The van der Waals surface area contributed by atoms with Crippen LogP contribution in [0.4, 0.5) is 0 Å². The van der Waals surface area contributed by atoms with Crippen molar-refractivity contribution in [3.8, 4) is 0 Å². The summed E-state index contributed by atoms with van der Waals surface area (Å²) in [5.41, 5.74) is 0. The molecule has 2 fully saturated rings. The average Bonchev–Trinajstić information content (AvgIpc) is 3.25. The minimum absolute atomic E-state index is 0.169. The largest absolute Gasteiger partial charge is 0.463 e. The van der Waals surface area contributed by atoms with Crippen molar-refractivity contribution in [2.24, 2.45) is 0 Å². The van der Waals surface area contributed by atoms with Crippen LogP contribution in [0.1, 0.15) is 168 Å². The summed E-state index contributed by atoms with van der Waals surface area (Å²) in [4.78, 5) is 24.9. The molecule has 352 valence electrons. The molecular weight excluding hydrogens is 785 g/mol. The highest BCUT2D eigenvalue weighted by Gasteiger charge is 2.50. The average molecular weight is 867 g/mol. The standard InChI is InChI=1S/C48H82O13/c1-3-5-7-9-11-13-15-17-19-21-23-25-27-29-31-33-39(49)57-35-37-41(51)43(53)45(55)47(59-37)61-48-46(56)44(54)42(52)38(60-48)36-58-40(50)34-32-30-28-26-24-22-20-18-16-14-12-10-8-6-4-2/h11-14,17-20,37-38,41-48,51-56H,3-10,15-16,21-36H2,1-2H3/b13-11-,14-12-,19-17-,20-18-/t37-,38-,41-,42-,43+,44+,45-,46-,47-,48-/m1/s1. The quantitative estimate of drug-likeness (QED) is 0.0214.